The Bertz CT molecular complexity index is 733. The molecule has 1 fully saturated rings. The van der Waals surface area contributed by atoms with Gasteiger partial charge in [-0.2, -0.15) is 10.4 Å². The molecule has 6 nitrogen and oxygen atoms in total. The van der Waals surface area contributed by atoms with Crippen molar-refractivity contribution < 1.29 is 4.74 Å². The second-order valence-electron chi connectivity index (χ2n) is 6.21. The number of hydrogen-bond donors (Lipinski definition) is 0. The number of aromatic nitrogens is 3. The first-order chi connectivity index (χ1) is 11.7. The van der Waals surface area contributed by atoms with E-state index in [1.807, 2.05) is 30.7 Å². The molecule has 6 heteroatoms. The molecule has 1 atom stereocenters. The Labute approximate surface area is 142 Å². The second kappa shape index (κ2) is 7.45. The highest BCUT2D eigenvalue weighted by atomic mass is 16.5. The van der Waals surface area contributed by atoms with E-state index in [0.717, 1.165) is 37.0 Å². The minimum Gasteiger partial charge on any atom is -0.492 e. The van der Waals surface area contributed by atoms with Gasteiger partial charge >= 0.3 is 0 Å². The van der Waals surface area contributed by atoms with E-state index in [0.29, 0.717) is 18.2 Å². The van der Waals surface area contributed by atoms with Crippen molar-refractivity contribution in [1.29, 1.82) is 5.26 Å². The average Bonchev–Trinajstić information content (AvgIpc) is 3.14. The molecule has 1 aliphatic rings. The molecule has 2 aromatic rings. The zero-order chi connectivity index (χ0) is 16.9. The summed E-state index contributed by atoms with van der Waals surface area (Å²) in [6.45, 7) is 7.42. The lowest BCUT2D eigenvalue weighted by atomic mass is 10.2. The zero-order valence-corrected chi connectivity index (χ0v) is 14.3. The van der Waals surface area contributed by atoms with E-state index in [-0.39, 0.29) is 0 Å². The summed E-state index contributed by atoms with van der Waals surface area (Å²) in [7, 11) is 0. The van der Waals surface area contributed by atoms with Crippen molar-refractivity contribution in [2.75, 3.05) is 19.7 Å². The summed E-state index contributed by atoms with van der Waals surface area (Å²) in [5.74, 6) is 2.56. The van der Waals surface area contributed by atoms with E-state index in [1.54, 1.807) is 12.1 Å². The summed E-state index contributed by atoms with van der Waals surface area (Å²) in [5, 5.41) is 13.4. The van der Waals surface area contributed by atoms with Crippen LogP contribution in [-0.2, 0) is 6.54 Å². The van der Waals surface area contributed by atoms with Crippen molar-refractivity contribution in [2.24, 2.45) is 0 Å². The third-order valence-corrected chi connectivity index (χ3v) is 4.46. The van der Waals surface area contributed by atoms with Crippen molar-refractivity contribution in [3.63, 3.8) is 0 Å². The van der Waals surface area contributed by atoms with Crippen LogP contribution >= 0.6 is 0 Å². The molecule has 0 radical (unpaired) electrons. The number of aryl methyl sites for hydroxylation is 2. The van der Waals surface area contributed by atoms with Gasteiger partial charge in [-0.15, -0.1) is 0 Å². The van der Waals surface area contributed by atoms with Crippen molar-refractivity contribution >= 4 is 0 Å². The summed E-state index contributed by atoms with van der Waals surface area (Å²) in [4.78, 5) is 6.84. The molecule has 0 bridgehead atoms. The molecule has 0 aliphatic carbocycles. The first-order valence-corrected chi connectivity index (χ1v) is 8.41. The second-order valence-corrected chi connectivity index (χ2v) is 6.21. The predicted molar refractivity (Wildman–Crippen MR) is 90.7 cm³/mol. The minimum atomic E-state index is 0.485. The molecule has 3 rings (SSSR count). The monoisotopic (exact) mass is 325 g/mol. The highest BCUT2D eigenvalue weighted by Crippen LogP contribution is 2.19. The molecular weight excluding hydrogens is 302 g/mol. The number of rotatable bonds is 6. The molecule has 1 aliphatic heterocycles. The number of nitrogens with zero attached hydrogens (tertiary/aromatic N) is 5. The van der Waals surface area contributed by atoms with Gasteiger partial charge in [0.2, 0.25) is 0 Å². The number of likely N-dealkylation sites (tertiary alicyclic amines) is 1. The number of hydrogen-bond acceptors (Lipinski definition) is 5. The van der Waals surface area contributed by atoms with E-state index >= 15 is 0 Å². The smallest absolute Gasteiger partial charge is 0.147 e. The Kier molecular flexibility index (Phi) is 5.11. The van der Waals surface area contributed by atoms with Gasteiger partial charge in [0.25, 0.3) is 0 Å². The standard InChI is InChI=1S/C18H23N5O/c1-14-20-15(2)23(21-14)13-17-6-4-8-22(17)9-10-24-18-7-3-5-16(11-18)12-19/h3,5,7,11,17H,4,6,8-10,13H2,1-2H3/t17-/m1/s1. The maximum absolute atomic E-state index is 8.93. The molecule has 0 saturated carbocycles. The van der Waals surface area contributed by atoms with Crippen LogP contribution in [0, 0.1) is 25.2 Å². The van der Waals surface area contributed by atoms with Crippen LogP contribution in [0.4, 0.5) is 0 Å². The molecule has 1 aromatic carbocycles. The molecule has 0 N–H and O–H groups in total. The summed E-state index contributed by atoms with van der Waals surface area (Å²) in [6.07, 6.45) is 2.39. The first kappa shape index (κ1) is 16.5. The maximum Gasteiger partial charge on any atom is 0.147 e. The minimum absolute atomic E-state index is 0.485. The van der Waals surface area contributed by atoms with Gasteiger partial charge in [0, 0.05) is 12.6 Å². The maximum atomic E-state index is 8.93. The molecular formula is C18H23N5O. The largest absolute Gasteiger partial charge is 0.492 e. The molecule has 1 saturated heterocycles. The van der Waals surface area contributed by atoms with Crippen LogP contribution in [0.5, 0.6) is 5.75 Å². The Morgan fingerprint density at radius 3 is 3.00 bits per heavy atom. The van der Waals surface area contributed by atoms with Crippen molar-refractivity contribution in [2.45, 2.75) is 39.3 Å². The van der Waals surface area contributed by atoms with E-state index in [9.17, 15) is 0 Å². The number of benzene rings is 1. The van der Waals surface area contributed by atoms with Crippen LogP contribution in [0.25, 0.3) is 0 Å². The quantitative estimate of drug-likeness (QED) is 0.815. The summed E-state index contributed by atoms with van der Waals surface area (Å²) < 4.78 is 7.82. The Balaban J connectivity index is 1.52. The zero-order valence-electron chi connectivity index (χ0n) is 14.3. The van der Waals surface area contributed by atoms with Crippen LogP contribution in [0.1, 0.15) is 30.1 Å². The Morgan fingerprint density at radius 2 is 2.25 bits per heavy atom. The van der Waals surface area contributed by atoms with Gasteiger partial charge in [-0.05, 0) is 51.4 Å². The fourth-order valence-corrected chi connectivity index (χ4v) is 3.27. The SMILES string of the molecule is Cc1nc(C)n(C[C@H]2CCCN2CCOc2cccc(C#N)c2)n1. The van der Waals surface area contributed by atoms with Gasteiger partial charge in [-0.25, -0.2) is 9.67 Å². The first-order valence-electron chi connectivity index (χ1n) is 8.41. The number of nitriles is 1. The fraction of sp³-hybridized carbons (Fsp3) is 0.500. The Hall–Kier alpha value is -2.39. The molecule has 1 aromatic heterocycles. The van der Waals surface area contributed by atoms with Crippen LogP contribution in [0.2, 0.25) is 0 Å². The van der Waals surface area contributed by atoms with Crippen LogP contribution < -0.4 is 4.74 Å². The normalized spacial score (nSPS) is 17.8. The Morgan fingerprint density at radius 1 is 1.38 bits per heavy atom. The van der Waals surface area contributed by atoms with Crippen molar-refractivity contribution in [1.82, 2.24) is 19.7 Å². The van der Waals surface area contributed by atoms with Gasteiger partial charge in [0.05, 0.1) is 18.2 Å². The highest BCUT2D eigenvalue weighted by molar-refractivity contribution is 5.36. The molecule has 0 spiro atoms. The van der Waals surface area contributed by atoms with E-state index < -0.39 is 0 Å². The van der Waals surface area contributed by atoms with Crippen LogP contribution in [-0.4, -0.2) is 45.4 Å². The van der Waals surface area contributed by atoms with Crippen molar-refractivity contribution in [3.8, 4) is 11.8 Å². The summed E-state index contributed by atoms with van der Waals surface area (Å²) in [5.41, 5.74) is 0.628. The highest BCUT2D eigenvalue weighted by Gasteiger charge is 2.25. The third-order valence-electron chi connectivity index (χ3n) is 4.46. The predicted octanol–water partition coefficient (Wildman–Crippen LogP) is 2.31. The van der Waals surface area contributed by atoms with E-state index in [1.165, 1.54) is 12.8 Å². The van der Waals surface area contributed by atoms with Gasteiger partial charge in [-0.1, -0.05) is 6.07 Å². The summed E-state index contributed by atoms with van der Waals surface area (Å²) >= 11 is 0. The van der Waals surface area contributed by atoms with Gasteiger partial charge in [0.15, 0.2) is 0 Å². The molecule has 24 heavy (non-hydrogen) atoms. The molecule has 0 unspecified atom stereocenters. The van der Waals surface area contributed by atoms with Gasteiger partial charge < -0.3 is 4.74 Å². The lowest BCUT2D eigenvalue weighted by Crippen LogP contribution is -2.36. The molecule has 0 amide bonds. The topological polar surface area (TPSA) is 67.0 Å². The molecule has 2 heterocycles. The van der Waals surface area contributed by atoms with Gasteiger partial charge in [-0.3, -0.25) is 4.90 Å². The van der Waals surface area contributed by atoms with Crippen LogP contribution in [0.15, 0.2) is 24.3 Å². The lowest BCUT2D eigenvalue weighted by Gasteiger charge is -2.24. The van der Waals surface area contributed by atoms with Crippen molar-refractivity contribution in [3.05, 3.63) is 41.5 Å². The van der Waals surface area contributed by atoms with E-state index in [4.69, 9.17) is 10.00 Å². The third kappa shape index (κ3) is 3.92. The lowest BCUT2D eigenvalue weighted by molar-refractivity contribution is 0.181. The van der Waals surface area contributed by atoms with Crippen LogP contribution in [0.3, 0.4) is 0 Å². The van der Waals surface area contributed by atoms with Gasteiger partial charge in [0.1, 0.15) is 24.0 Å². The molecule has 126 valence electrons. The average molecular weight is 325 g/mol. The van der Waals surface area contributed by atoms with E-state index in [2.05, 4.69) is 21.1 Å². The fourth-order valence-electron chi connectivity index (χ4n) is 3.27. The number of ether oxygens (including phenoxy) is 1. The summed E-state index contributed by atoms with van der Waals surface area (Å²) in [6, 6.07) is 9.93.